The van der Waals surface area contributed by atoms with E-state index in [1.807, 2.05) is 0 Å². The molecule has 0 aliphatic heterocycles. The Hall–Kier alpha value is -1.48. The van der Waals surface area contributed by atoms with Crippen LogP contribution in [0, 0.1) is 0 Å². The summed E-state index contributed by atoms with van der Waals surface area (Å²) < 4.78 is 0. The van der Waals surface area contributed by atoms with Gasteiger partial charge >= 0.3 is 0 Å². The highest BCUT2D eigenvalue weighted by atomic mass is 35.5. The number of pyridine rings is 1. The molecule has 0 bridgehead atoms. The fourth-order valence-electron chi connectivity index (χ4n) is 1.23. The Morgan fingerprint density at radius 1 is 1.50 bits per heavy atom. The Kier molecular flexibility index (Phi) is 4.38. The number of ketones is 1. The number of halogens is 1. The van der Waals surface area contributed by atoms with E-state index in [0.717, 1.165) is 0 Å². The lowest BCUT2D eigenvalue weighted by molar-refractivity contribution is -0.113. The molecule has 1 aromatic rings. The molecule has 0 N–H and O–H groups in total. The molecule has 3 nitrogen and oxygen atoms in total. The predicted octanol–water partition coefficient (Wildman–Crippen LogP) is 3.04. The van der Waals surface area contributed by atoms with Crippen LogP contribution >= 0.6 is 11.6 Å². The second-order valence-electron chi connectivity index (χ2n) is 3.26. The van der Waals surface area contributed by atoms with Crippen LogP contribution in [-0.2, 0) is 4.79 Å². The average Bonchev–Trinajstić information content (AvgIpc) is 2.25. The first-order chi connectivity index (χ1) is 7.56. The molecule has 0 radical (unpaired) electrons. The van der Waals surface area contributed by atoms with Gasteiger partial charge in [-0.1, -0.05) is 17.7 Å². The number of hydrogen-bond donors (Lipinski definition) is 0. The molecule has 0 aliphatic rings. The zero-order valence-electron chi connectivity index (χ0n) is 9.49. The van der Waals surface area contributed by atoms with E-state index in [9.17, 15) is 4.79 Å². The molecule has 1 rings (SSSR count). The molecule has 0 atom stereocenters. The highest BCUT2D eigenvalue weighted by molar-refractivity contribution is 6.33. The van der Waals surface area contributed by atoms with Gasteiger partial charge in [-0.2, -0.15) is 0 Å². The Morgan fingerprint density at radius 3 is 2.69 bits per heavy atom. The minimum Gasteiger partial charge on any atom is -0.293 e. The van der Waals surface area contributed by atoms with Crippen LogP contribution in [0.25, 0.3) is 0 Å². The van der Waals surface area contributed by atoms with E-state index in [1.54, 1.807) is 38.3 Å². The number of Topliss-reactive ketones (excluding diaryl/α,β-unsaturated/α-hetero) is 1. The monoisotopic (exact) mass is 236 g/mol. The summed E-state index contributed by atoms with van der Waals surface area (Å²) in [6.45, 7) is 5.03. The zero-order valence-corrected chi connectivity index (χ0v) is 10.2. The van der Waals surface area contributed by atoms with Gasteiger partial charge in [-0.25, -0.2) is 4.99 Å². The zero-order chi connectivity index (χ0) is 12.1. The number of nitrogens with zero attached hydrogens (tertiary/aromatic N) is 2. The standard InChI is InChI=1S/C12H13ClN2O/c1-4-11(9(3)16)15-8(2)12-10(13)6-5-7-14-12/h4-7H,1-3H3/b11-4-,15-8+. The fourth-order valence-corrected chi connectivity index (χ4v) is 1.49. The van der Waals surface area contributed by atoms with Crippen molar-refractivity contribution >= 4 is 23.1 Å². The first kappa shape index (κ1) is 12.6. The molecular weight excluding hydrogens is 224 g/mol. The average molecular weight is 237 g/mol. The van der Waals surface area contributed by atoms with Crippen molar-refractivity contribution in [2.24, 2.45) is 4.99 Å². The molecule has 1 aromatic heterocycles. The van der Waals surface area contributed by atoms with Crippen molar-refractivity contribution in [1.82, 2.24) is 4.98 Å². The van der Waals surface area contributed by atoms with Crippen LogP contribution in [-0.4, -0.2) is 16.5 Å². The lowest BCUT2D eigenvalue weighted by Gasteiger charge is -2.02. The summed E-state index contributed by atoms with van der Waals surface area (Å²) in [7, 11) is 0. The fraction of sp³-hybridized carbons (Fsp3) is 0.250. The van der Waals surface area contributed by atoms with Crippen molar-refractivity contribution in [3.8, 4) is 0 Å². The maximum Gasteiger partial charge on any atom is 0.177 e. The van der Waals surface area contributed by atoms with Crippen molar-refractivity contribution in [2.75, 3.05) is 0 Å². The van der Waals surface area contributed by atoms with Gasteiger partial charge in [0.1, 0.15) is 11.4 Å². The van der Waals surface area contributed by atoms with Gasteiger partial charge in [0.05, 0.1) is 10.7 Å². The molecule has 84 valence electrons. The van der Waals surface area contributed by atoms with Crippen LogP contribution in [0.2, 0.25) is 5.02 Å². The normalized spacial score (nSPS) is 12.8. The largest absolute Gasteiger partial charge is 0.293 e. The molecule has 0 unspecified atom stereocenters. The highest BCUT2D eigenvalue weighted by Gasteiger charge is 2.07. The lowest BCUT2D eigenvalue weighted by Crippen LogP contribution is -2.03. The first-order valence-electron chi connectivity index (χ1n) is 4.89. The van der Waals surface area contributed by atoms with E-state index >= 15 is 0 Å². The molecule has 0 aliphatic carbocycles. The van der Waals surface area contributed by atoms with Crippen LogP contribution in [0.4, 0.5) is 0 Å². The topological polar surface area (TPSA) is 42.3 Å². The molecule has 0 amide bonds. The van der Waals surface area contributed by atoms with Gasteiger partial charge in [-0.05, 0) is 26.0 Å². The first-order valence-corrected chi connectivity index (χ1v) is 5.27. The molecule has 16 heavy (non-hydrogen) atoms. The quantitative estimate of drug-likeness (QED) is 0.598. The SMILES string of the molecule is C/C=C(\N=C(/C)c1ncccc1Cl)C(C)=O. The summed E-state index contributed by atoms with van der Waals surface area (Å²) in [6, 6.07) is 3.49. The number of rotatable bonds is 3. The van der Waals surface area contributed by atoms with Gasteiger partial charge in [-0.15, -0.1) is 0 Å². The Labute approximate surface area is 99.9 Å². The van der Waals surface area contributed by atoms with Crippen molar-refractivity contribution in [1.29, 1.82) is 0 Å². The van der Waals surface area contributed by atoms with Gasteiger partial charge in [-0.3, -0.25) is 9.78 Å². The van der Waals surface area contributed by atoms with Gasteiger partial charge in [0, 0.05) is 13.1 Å². The second kappa shape index (κ2) is 5.56. The van der Waals surface area contributed by atoms with Crippen LogP contribution < -0.4 is 0 Å². The molecule has 0 aromatic carbocycles. The minimum absolute atomic E-state index is 0.0751. The van der Waals surface area contributed by atoms with E-state index in [4.69, 9.17) is 11.6 Å². The third kappa shape index (κ3) is 3.00. The van der Waals surface area contributed by atoms with Gasteiger partial charge < -0.3 is 0 Å². The Bertz CT molecular complexity index is 464. The molecule has 0 fully saturated rings. The molecule has 4 heteroatoms. The van der Waals surface area contributed by atoms with Crippen LogP contribution in [0.15, 0.2) is 35.1 Å². The van der Waals surface area contributed by atoms with Crippen molar-refractivity contribution in [3.05, 3.63) is 40.8 Å². The lowest BCUT2D eigenvalue weighted by atomic mass is 10.2. The van der Waals surface area contributed by atoms with Gasteiger partial charge in [0.25, 0.3) is 0 Å². The van der Waals surface area contributed by atoms with E-state index < -0.39 is 0 Å². The maximum absolute atomic E-state index is 11.2. The predicted molar refractivity (Wildman–Crippen MR) is 65.9 cm³/mol. The molecular formula is C12H13ClN2O. The summed E-state index contributed by atoms with van der Waals surface area (Å²) in [5, 5.41) is 0.530. The summed E-state index contributed by atoms with van der Waals surface area (Å²) in [5.74, 6) is -0.0751. The van der Waals surface area contributed by atoms with Crippen molar-refractivity contribution < 1.29 is 4.79 Å². The summed E-state index contributed by atoms with van der Waals surface area (Å²) in [5.41, 5.74) is 1.65. The number of allylic oxidation sites excluding steroid dienone is 2. The van der Waals surface area contributed by atoms with Crippen molar-refractivity contribution in [3.63, 3.8) is 0 Å². The molecule has 0 spiro atoms. The number of carbonyl (C=O) groups is 1. The molecule has 0 saturated heterocycles. The molecule has 1 heterocycles. The Morgan fingerprint density at radius 2 is 2.19 bits per heavy atom. The van der Waals surface area contributed by atoms with Crippen LogP contribution in [0.3, 0.4) is 0 Å². The van der Waals surface area contributed by atoms with E-state index in [-0.39, 0.29) is 5.78 Å². The van der Waals surface area contributed by atoms with E-state index in [2.05, 4.69) is 9.98 Å². The Balaban J connectivity index is 3.12. The van der Waals surface area contributed by atoms with E-state index in [1.165, 1.54) is 6.92 Å². The summed E-state index contributed by atoms with van der Waals surface area (Å²) in [4.78, 5) is 19.5. The smallest absolute Gasteiger partial charge is 0.177 e. The van der Waals surface area contributed by atoms with E-state index in [0.29, 0.717) is 22.1 Å². The summed E-state index contributed by atoms with van der Waals surface area (Å²) >= 11 is 5.98. The van der Waals surface area contributed by atoms with Crippen molar-refractivity contribution in [2.45, 2.75) is 20.8 Å². The number of carbonyl (C=O) groups excluding carboxylic acids is 1. The number of hydrogen-bond acceptors (Lipinski definition) is 3. The third-order valence-electron chi connectivity index (χ3n) is 2.02. The second-order valence-corrected chi connectivity index (χ2v) is 3.67. The van der Waals surface area contributed by atoms with Gasteiger partial charge in [0.15, 0.2) is 5.78 Å². The minimum atomic E-state index is -0.0751. The number of aromatic nitrogens is 1. The maximum atomic E-state index is 11.2. The molecule has 0 saturated carbocycles. The number of aliphatic imine (C=N–C) groups is 1. The third-order valence-corrected chi connectivity index (χ3v) is 2.33. The highest BCUT2D eigenvalue weighted by Crippen LogP contribution is 2.14. The summed E-state index contributed by atoms with van der Waals surface area (Å²) in [6.07, 6.45) is 3.31. The van der Waals surface area contributed by atoms with Gasteiger partial charge in [0.2, 0.25) is 0 Å². The van der Waals surface area contributed by atoms with Crippen LogP contribution in [0.5, 0.6) is 0 Å². The van der Waals surface area contributed by atoms with Crippen LogP contribution in [0.1, 0.15) is 26.5 Å².